The van der Waals surface area contributed by atoms with E-state index in [9.17, 15) is 9.59 Å². The van der Waals surface area contributed by atoms with E-state index in [1.165, 1.54) is 12.8 Å². The third-order valence-corrected chi connectivity index (χ3v) is 4.94. The Hall–Kier alpha value is -1.79. The minimum absolute atomic E-state index is 0.000608. The molecule has 1 saturated heterocycles. The first-order valence-electron chi connectivity index (χ1n) is 9.43. The van der Waals surface area contributed by atoms with Crippen molar-refractivity contribution in [3.05, 3.63) is 0 Å². The summed E-state index contributed by atoms with van der Waals surface area (Å²) in [5.41, 5.74) is 0. The summed E-state index contributed by atoms with van der Waals surface area (Å²) in [6.45, 7) is 6.98. The number of guanidine groups is 1. The zero-order valence-corrected chi connectivity index (χ0v) is 16.1. The molecule has 1 N–H and O–H groups in total. The van der Waals surface area contributed by atoms with Crippen LogP contribution in [-0.2, 0) is 9.59 Å². The summed E-state index contributed by atoms with van der Waals surface area (Å²) in [6, 6.07) is 0.448. The number of amides is 2. The zero-order valence-electron chi connectivity index (χ0n) is 16.1. The highest BCUT2D eigenvalue weighted by Crippen LogP contribution is 2.18. The van der Waals surface area contributed by atoms with Crippen LogP contribution < -0.4 is 5.32 Å². The van der Waals surface area contributed by atoms with E-state index in [1.54, 1.807) is 19.0 Å². The highest BCUT2D eigenvalue weighted by molar-refractivity contribution is 5.85. The Kier molecular flexibility index (Phi) is 7.08. The largest absolute Gasteiger partial charge is 0.353 e. The molecule has 0 aromatic carbocycles. The van der Waals surface area contributed by atoms with Crippen LogP contribution >= 0.6 is 0 Å². The fraction of sp³-hybridized carbons (Fsp3) is 0.833. The molecule has 2 rings (SSSR count). The Morgan fingerprint density at radius 3 is 2.16 bits per heavy atom. The second-order valence-electron chi connectivity index (χ2n) is 7.52. The second kappa shape index (κ2) is 9.06. The van der Waals surface area contributed by atoms with Gasteiger partial charge in [0.1, 0.15) is 6.54 Å². The van der Waals surface area contributed by atoms with Crippen molar-refractivity contribution in [3.63, 3.8) is 0 Å². The van der Waals surface area contributed by atoms with Crippen molar-refractivity contribution in [3.8, 4) is 0 Å². The van der Waals surface area contributed by atoms with E-state index >= 15 is 0 Å². The Balaban J connectivity index is 1.98. The third kappa shape index (κ3) is 5.61. The monoisotopic (exact) mass is 351 g/mol. The minimum Gasteiger partial charge on any atom is -0.353 e. The number of carbonyl (C=O) groups excluding carboxylic acids is 2. The lowest BCUT2D eigenvalue weighted by Crippen LogP contribution is -2.55. The predicted octanol–water partition coefficient (Wildman–Crippen LogP) is 0.763. The highest BCUT2D eigenvalue weighted by Gasteiger charge is 2.26. The number of rotatable bonds is 4. The summed E-state index contributed by atoms with van der Waals surface area (Å²) >= 11 is 0. The fourth-order valence-corrected chi connectivity index (χ4v) is 3.28. The molecule has 25 heavy (non-hydrogen) atoms. The summed E-state index contributed by atoms with van der Waals surface area (Å²) in [5.74, 6) is 1.07. The molecule has 2 fully saturated rings. The van der Waals surface area contributed by atoms with Crippen LogP contribution in [0.15, 0.2) is 4.99 Å². The van der Waals surface area contributed by atoms with Gasteiger partial charge in [-0.25, -0.2) is 4.99 Å². The highest BCUT2D eigenvalue weighted by atomic mass is 16.2. The van der Waals surface area contributed by atoms with Crippen molar-refractivity contribution in [2.75, 3.05) is 46.8 Å². The number of hydrogen-bond acceptors (Lipinski definition) is 3. The first-order valence-corrected chi connectivity index (χ1v) is 9.43. The summed E-state index contributed by atoms with van der Waals surface area (Å²) in [7, 11) is 3.50. The van der Waals surface area contributed by atoms with Crippen LogP contribution in [0.2, 0.25) is 0 Å². The number of piperazine rings is 1. The van der Waals surface area contributed by atoms with E-state index in [2.05, 4.69) is 15.2 Å². The number of nitrogens with one attached hydrogen (secondary N) is 1. The van der Waals surface area contributed by atoms with E-state index in [0.717, 1.165) is 31.9 Å². The lowest BCUT2D eigenvalue weighted by atomic mass is 10.1. The van der Waals surface area contributed by atoms with Gasteiger partial charge in [-0.2, -0.15) is 0 Å². The first-order chi connectivity index (χ1) is 11.9. The Morgan fingerprint density at radius 2 is 1.64 bits per heavy atom. The minimum atomic E-state index is -0.000608. The SMILES string of the molecule is CC(C)C(=O)N1CCN(C(=NCC(=O)N(C)C)NC2CCCC2)CC1. The van der Waals surface area contributed by atoms with Gasteiger partial charge >= 0.3 is 0 Å². The number of carbonyl (C=O) groups is 2. The molecule has 1 heterocycles. The van der Waals surface area contributed by atoms with Gasteiger partial charge in [-0.15, -0.1) is 0 Å². The second-order valence-corrected chi connectivity index (χ2v) is 7.52. The normalized spacial score (nSPS) is 19.5. The molecule has 0 bridgehead atoms. The molecule has 0 atom stereocenters. The molecular formula is C18H33N5O2. The lowest BCUT2D eigenvalue weighted by molar-refractivity contribution is -0.135. The van der Waals surface area contributed by atoms with Crippen LogP contribution in [0, 0.1) is 5.92 Å². The van der Waals surface area contributed by atoms with Gasteiger partial charge in [0, 0.05) is 52.2 Å². The number of hydrogen-bond donors (Lipinski definition) is 1. The van der Waals surface area contributed by atoms with Crippen LogP contribution in [0.3, 0.4) is 0 Å². The van der Waals surface area contributed by atoms with Crippen LogP contribution in [0.4, 0.5) is 0 Å². The lowest BCUT2D eigenvalue weighted by Gasteiger charge is -2.38. The summed E-state index contributed by atoms with van der Waals surface area (Å²) < 4.78 is 0. The van der Waals surface area contributed by atoms with Gasteiger partial charge < -0.3 is 20.0 Å². The summed E-state index contributed by atoms with van der Waals surface area (Å²) in [4.78, 5) is 34.3. The molecule has 1 aliphatic carbocycles. The number of nitrogens with zero attached hydrogens (tertiary/aromatic N) is 4. The van der Waals surface area contributed by atoms with E-state index < -0.39 is 0 Å². The molecule has 2 aliphatic rings. The molecule has 0 aromatic rings. The van der Waals surface area contributed by atoms with Gasteiger partial charge in [0.2, 0.25) is 11.8 Å². The van der Waals surface area contributed by atoms with Gasteiger partial charge in [-0.1, -0.05) is 26.7 Å². The predicted molar refractivity (Wildman–Crippen MR) is 99.4 cm³/mol. The smallest absolute Gasteiger partial charge is 0.243 e. The molecule has 2 amide bonds. The topological polar surface area (TPSA) is 68.2 Å². The fourth-order valence-electron chi connectivity index (χ4n) is 3.28. The van der Waals surface area contributed by atoms with Crippen molar-refractivity contribution < 1.29 is 9.59 Å². The maximum atomic E-state index is 12.2. The molecule has 142 valence electrons. The van der Waals surface area contributed by atoms with E-state index in [-0.39, 0.29) is 24.3 Å². The average Bonchev–Trinajstić information content (AvgIpc) is 3.10. The van der Waals surface area contributed by atoms with Gasteiger partial charge in [-0.05, 0) is 12.8 Å². The molecular weight excluding hydrogens is 318 g/mol. The van der Waals surface area contributed by atoms with Crippen LogP contribution in [0.25, 0.3) is 0 Å². The summed E-state index contributed by atoms with van der Waals surface area (Å²) in [6.07, 6.45) is 4.81. The first kappa shape index (κ1) is 19.5. The quantitative estimate of drug-likeness (QED) is 0.600. The van der Waals surface area contributed by atoms with Gasteiger partial charge in [0.15, 0.2) is 5.96 Å². The standard InChI is InChI=1S/C18H33N5O2/c1-14(2)17(25)22-9-11-23(12-10-22)18(19-13-16(24)21(3)4)20-15-7-5-6-8-15/h14-15H,5-13H2,1-4H3,(H,19,20). The van der Waals surface area contributed by atoms with Gasteiger partial charge in [0.05, 0.1) is 0 Å². The molecule has 0 radical (unpaired) electrons. The van der Waals surface area contributed by atoms with Crippen molar-refractivity contribution in [2.45, 2.75) is 45.6 Å². The third-order valence-electron chi connectivity index (χ3n) is 4.94. The van der Waals surface area contributed by atoms with E-state index in [1.807, 2.05) is 18.7 Å². The molecule has 7 heteroatoms. The molecule has 0 unspecified atom stereocenters. The summed E-state index contributed by atoms with van der Waals surface area (Å²) in [5, 5.41) is 3.55. The van der Waals surface area contributed by atoms with Crippen LogP contribution in [0.5, 0.6) is 0 Å². The van der Waals surface area contributed by atoms with Crippen molar-refractivity contribution in [2.24, 2.45) is 10.9 Å². The molecule has 0 spiro atoms. The maximum Gasteiger partial charge on any atom is 0.243 e. The molecule has 0 aromatic heterocycles. The van der Waals surface area contributed by atoms with Crippen LogP contribution in [0.1, 0.15) is 39.5 Å². The van der Waals surface area contributed by atoms with Crippen molar-refractivity contribution in [1.29, 1.82) is 0 Å². The van der Waals surface area contributed by atoms with Crippen LogP contribution in [-0.4, -0.2) is 85.3 Å². The molecule has 1 saturated carbocycles. The van der Waals surface area contributed by atoms with Gasteiger partial charge in [0.25, 0.3) is 0 Å². The van der Waals surface area contributed by atoms with Crippen molar-refractivity contribution >= 4 is 17.8 Å². The molecule has 1 aliphatic heterocycles. The zero-order chi connectivity index (χ0) is 18.4. The average molecular weight is 351 g/mol. The maximum absolute atomic E-state index is 12.2. The van der Waals surface area contributed by atoms with E-state index in [4.69, 9.17) is 0 Å². The number of likely N-dealkylation sites (N-methyl/N-ethyl adjacent to an activating group) is 1. The van der Waals surface area contributed by atoms with Crippen molar-refractivity contribution in [1.82, 2.24) is 20.0 Å². The number of aliphatic imine (C=N–C) groups is 1. The van der Waals surface area contributed by atoms with Gasteiger partial charge in [-0.3, -0.25) is 9.59 Å². The van der Waals surface area contributed by atoms with E-state index in [0.29, 0.717) is 19.1 Å². The Morgan fingerprint density at radius 1 is 1.08 bits per heavy atom. The molecule has 7 nitrogen and oxygen atoms in total. The Labute approximate surface area is 151 Å². The Bertz CT molecular complexity index is 490.